The van der Waals surface area contributed by atoms with Crippen LogP contribution < -0.4 is 5.32 Å². The molecule has 8 heteroatoms. The second-order valence-corrected chi connectivity index (χ2v) is 7.31. The molecule has 0 aliphatic carbocycles. The largest absolute Gasteiger partial charge is 0.457 e. The summed E-state index contributed by atoms with van der Waals surface area (Å²) >= 11 is 1.24. The third kappa shape index (κ3) is 4.12. The molecule has 1 aliphatic heterocycles. The van der Waals surface area contributed by atoms with Crippen LogP contribution in [0.15, 0.2) is 75.0 Å². The first-order valence-corrected chi connectivity index (χ1v) is 9.51. The average molecular weight is 405 g/mol. The van der Waals surface area contributed by atoms with E-state index >= 15 is 0 Å². The van der Waals surface area contributed by atoms with E-state index in [9.17, 15) is 14.9 Å². The Balaban J connectivity index is 1.56. The van der Waals surface area contributed by atoms with E-state index in [0.717, 1.165) is 16.8 Å². The predicted molar refractivity (Wildman–Crippen MR) is 113 cm³/mol. The molecule has 0 spiro atoms. The quantitative estimate of drug-likeness (QED) is 0.372. The molecule has 4 rings (SSSR count). The lowest BCUT2D eigenvalue weighted by molar-refractivity contribution is -0.384. The number of nitro benzene ring substituents is 1. The second-order valence-electron chi connectivity index (χ2n) is 6.28. The van der Waals surface area contributed by atoms with E-state index in [2.05, 4.69) is 10.3 Å². The van der Waals surface area contributed by atoms with Gasteiger partial charge in [0.15, 0.2) is 5.17 Å². The Bertz CT molecular complexity index is 1170. The number of amidine groups is 1. The van der Waals surface area contributed by atoms with Crippen LogP contribution in [0.4, 0.5) is 11.4 Å². The van der Waals surface area contributed by atoms with E-state index in [-0.39, 0.29) is 11.6 Å². The first-order valence-electron chi connectivity index (χ1n) is 8.69. The van der Waals surface area contributed by atoms with Crippen LogP contribution in [0.25, 0.3) is 17.4 Å². The van der Waals surface area contributed by atoms with Crippen molar-refractivity contribution in [2.75, 3.05) is 0 Å². The number of aryl methyl sites for hydroxylation is 1. The fourth-order valence-corrected chi connectivity index (χ4v) is 3.66. The molecule has 1 amide bonds. The number of hydrogen-bond donors (Lipinski definition) is 1. The fraction of sp³-hybridized carbons (Fsp3) is 0.0476. The number of carbonyl (C=O) groups excluding carboxylic acids is 1. The minimum atomic E-state index is -0.431. The zero-order valence-electron chi connectivity index (χ0n) is 15.3. The molecule has 1 fully saturated rings. The summed E-state index contributed by atoms with van der Waals surface area (Å²) < 4.78 is 5.84. The summed E-state index contributed by atoms with van der Waals surface area (Å²) in [5, 5.41) is 14.1. The monoisotopic (exact) mass is 405 g/mol. The van der Waals surface area contributed by atoms with Crippen molar-refractivity contribution >= 4 is 40.3 Å². The number of non-ortho nitro benzene ring substituents is 1. The van der Waals surface area contributed by atoms with Crippen molar-refractivity contribution < 1.29 is 14.1 Å². The molecule has 0 atom stereocenters. The first-order chi connectivity index (χ1) is 14.0. The maximum absolute atomic E-state index is 12.2. The molecule has 2 aromatic carbocycles. The minimum absolute atomic E-state index is 0.0319. The maximum atomic E-state index is 12.2. The van der Waals surface area contributed by atoms with Gasteiger partial charge in [0.1, 0.15) is 11.5 Å². The van der Waals surface area contributed by atoms with Crippen LogP contribution in [0.3, 0.4) is 0 Å². The van der Waals surface area contributed by atoms with Crippen LogP contribution in [0, 0.1) is 17.0 Å². The molecule has 1 N–H and O–H groups in total. The highest BCUT2D eigenvalue weighted by molar-refractivity contribution is 8.18. The summed E-state index contributed by atoms with van der Waals surface area (Å²) in [7, 11) is 0. The third-order valence-electron chi connectivity index (χ3n) is 4.22. The van der Waals surface area contributed by atoms with E-state index in [1.807, 2.05) is 30.3 Å². The van der Waals surface area contributed by atoms with Gasteiger partial charge in [0.25, 0.3) is 11.6 Å². The Morgan fingerprint density at radius 3 is 2.66 bits per heavy atom. The lowest BCUT2D eigenvalue weighted by Crippen LogP contribution is -2.19. The van der Waals surface area contributed by atoms with Gasteiger partial charge in [-0.2, -0.15) is 0 Å². The summed E-state index contributed by atoms with van der Waals surface area (Å²) in [4.78, 5) is 27.6. The Hall–Kier alpha value is -3.65. The topological polar surface area (TPSA) is 97.7 Å². The lowest BCUT2D eigenvalue weighted by atomic mass is 10.1. The summed E-state index contributed by atoms with van der Waals surface area (Å²) in [6, 6.07) is 17.5. The van der Waals surface area contributed by atoms with Crippen LogP contribution in [0.5, 0.6) is 0 Å². The molecule has 1 aliphatic rings. The molecule has 2 heterocycles. The van der Waals surface area contributed by atoms with Gasteiger partial charge in [-0.3, -0.25) is 14.9 Å². The highest BCUT2D eigenvalue weighted by atomic mass is 32.2. The number of aliphatic imine (C=N–C) groups is 1. The normalized spacial score (nSPS) is 16.4. The number of thioether (sulfide) groups is 1. The maximum Gasteiger partial charge on any atom is 0.269 e. The van der Waals surface area contributed by atoms with E-state index < -0.39 is 4.92 Å². The molecule has 0 bridgehead atoms. The SMILES string of the molecule is Cc1cc([N+](=O)[O-])ccc1-c1ccc(C=C2SC(=Nc3ccccc3)NC2=O)o1. The van der Waals surface area contributed by atoms with Gasteiger partial charge in [0.05, 0.1) is 15.5 Å². The Morgan fingerprint density at radius 1 is 1.14 bits per heavy atom. The number of amides is 1. The molecule has 1 aromatic heterocycles. The van der Waals surface area contributed by atoms with Crippen molar-refractivity contribution in [3.8, 4) is 11.3 Å². The number of benzene rings is 2. The Labute approximate surface area is 170 Å². The van der Waals surface area contributed by atoms with Crippen molar-refractivity contribution in [1.82, 2.24) is 5.32 Å². The third-order valence-corrected chi connectivity index (χ3v) is 5.13. The Morgan fingerprint density at radius 2 is 1.93 bits per heavy atom. The van der Waals surface area contributed by atoms with E-state index in [4.69, 9.17) is 4.42 Å². The first kappa shape index (κ1) is 18.7. The number of para-hydroxylation sites is 1. The van der Waals surface area contributed by atoms with Crippen molar-refractivity contribution in [1.29, 1.82) is 0 Å². The zero-order valence-corrected chi connectivity index (χ0v) is 16.1. The van der Waals surface area contributed by atoms with Gasteiger partial charge in [-0.25, -0.2) is 4.99 Å². The molecular formula is C21H15N3O4S. The van der Waals surface area contributed by atoms with Crippen molar-refractivity contribution in [3.05, 3.63) is 87.0 Å². The van der Waals surface area contributed by atoms with Gasteiger partial charge in [0, 0.05) is 23.8 Å². The zero-order chi connectivity index (χ0) is 20.4. The number of rotatable bonds is 4. The summed E-state index contributed by atoms with van der Waals surface area (Å²) in [6.07, 6.45) is 1.65. The number of nitrogens with one attached hydrogen (secondary N) is 1. The number of nitrogens with zero attached hydrogens (tertiary/aromatic N) is 2. The molecule has 144 valence electrons. The second kappa shape index (κ2) is 7.76. The summed E-state index contributed by atoms with van der Waals surface area (Å²) in [6.45, 7) is 1.79. The standard InChI is InChI=1S/C21H15N3O4S/c1-13-11-15(24(26)27)7-9-17(13)18-10-8-16(28-18)12-19-20(25)23-21(29-19)22-14-5-3-2-4-6-14/h2-12H,1H3,(H,22,23,25). The number of hydrogen-bond acceptors (Lipinski definition) is 6. The summed E-state index contributed by atoms with van der Waals surface area (Å²) in [5.41, 5.74) is 2.28. The van der Waals surface area contributed by atoms with Gasteiger partial charge >= 0.3 is 0 Å². The van der Waals surface area contributed by atoms with Crippen LogP contribution >= 0.6 is 11.8 Å². The van der Waals surface area contributed by atoms with Crippen LogP contribution in [0.2, 0.25) is 0 Å². The molecule has 7 nitrogen and oxygen atoms in total. The molecule has 29 heavy (non-hydrogen) atoms. The predicted octanol–water partition coefficient (Wildman–Crippen LogP) is 5.05. The van der Waals surface area contributed by atoms with Crippen LogP contribution in [-0.2, 0) is 4.79 Å². The van der Waals surface area contributed by atoms with Gasteiger partial charge in [-0.05, 0) is 54.6 Å². The number of furan rings is 1. The van der Waals surface area contributed by atoms with Crippen molar-refractivity contribution in [2.24, 2.45) is 4.99 Å². The molecule has 0 unspecified atom stereocenters. The van der Waals surface area contributed by atoms with Gasteiger partial charge < -0.3 is 9.73 Å². The molecular weight excluding hydrogens is 390 g/mol. The minimum Gasteiger partial charge on any atom is -0.457 e. The Kier molecular flexibility index (Phi) is 5.01. The summed E-state index contributed by atoms with van der Waals surface area (Å²) in [5.74, 6) is 0.844. The number of nitro groups is 1. The molecule has 1 saturated heterocycles. The van der Waals surface area contributed by atoms with E-state index in [1.54, 1.807) is 31.2 Å². The van der Waals surface area contributed by atoms with E-state index in [1.165, 1.54) is 23.9 Å². The van der Waals surface area contributed by atoms with Crippen molar-refractivity contribution in [3.63, 3.8) is 0 Å². The average Bonchev–Trinajstić information content (AvgIpc) is 3.29. The molecule has 3 aromatic rings. The van der Waals surface area contributed by atoms with Gasteiger partial charge in [-0.15, -0.1) is 0 Å². The smallest absolute Gasteiger partial charge is 0.269 e. The van der Waals surface area contributed by atoms with E-state index in [0.29, 0.717) is 21.6 Å². The van der Waals surface area contributed by atoms with Gasteiger partial charge in [-0.1, -0.05) is 18.2 Å². The van der Waals surface area contributed by atoms with Crippen LogP contribution in [-0.4, -0.2) is 16.0 Å². The van der Waals surface area contributed by atoms with Crippen LogP contribution in [0.1, 0.15) is 11.3 Å². The fourth-order valence-electron chi connectivity index (χ4n) is 2.84. The highest BCUT2D eigenvalue weighted by Crippen LogP contribution is 2.32. The lowest BCUT2D eigenvalue weighted by Gasteiger charge is -2.02. The van der Waals surface area contributed by atoms with Gasteiger partial charge in [0.2, 0.25) is 0 Å². The highest BCUT2D eigenvalue weighted by Gasteiger charge is 2.24. The van der Waals surface area contributed by atoms with Crippen molar-refractivity contribution in [2.45, 2.75) is 6.92 Å². The molecule has 0 radical (unpaired) electrons. The molecule has 0 saturated carbocycles. The number of carbonyl (C=O) groups is 1.